The molecule has 1 atom stereocenters. The minimum absolute atomic E-state index is 0.00699. The minimum Gasteiger partial charge on any atom is -0.381 e. The van der Waals surface area contributed by atoms with E-state index in [1.807, 2.05) is 29.2 Å². The van der Waals surface area contributed by atoms with E-state index in [1.54, 1.807) is 12.3 Å². The number of amides is 1. The molecule has 1 amide bonds. The maximum absolute atomic E-state index is 14.0. The molecule has 0 spiro atoms. The molecule has 154 valence electrons. The third-order valence-electron chi connectivity index (χ3n) is 5.95. The number of aromatic nitrogens is 1. The number of pyridine rings is 1. The van der Waals surface area contributed by atoms with Gasteiger partial charge in [0.05, 0.1) is 23.8 Å². The summed E-state index contributed by atoms with van der Waals surface area (Å²) in [6.07, 6.45) is 4.81. The highest BCUT2D eigenvalue weighted by Crippen LogP contribution is 2.38. The molecule has 0 radical (unpaired) electrons. The molecule has 2 fully saturated rings. The molecule has 5 nitrogen and oxygen atoms in total. The van der Waals surface area contributed by atoms with Crippen LogP contribution in [0.5, 0.6) is 0 Å². The van der Waals surface area contributed by atoms with Crippen molar-refractivity contribution in [2.45, 2.75) is 43.7 Å². The van der Waals surface area contributed by atoms with E-state index in [4.69, 9.17) is 9.47 Å². The summed E-state index contributed by atoms with van der Waals surface area (Å²) in [5.74, 6) is -0.316. The van der Waals surface area contributed by atoms with Gasteiger partial charge in [0.15, 0.2) is 0 Å². The fourth-order valence-corrected chi connectivity index (χ4v) is 4.38. The number of carbonyl (C=O) groups excluding carboxylic acids is 1. The Hall–Kier alpha value is -2.31. The van der Waals surface area contributed by atoms with Crippen molar-refractivity contribution >= 4 is 5.91 Å². The normalized spacial score (nSPS) is 21.1. The minimum atomic E-state index is -0.784. The van der Waals surface area contributed by atoms with Crippen molar-refractivity contribution in [2.24, 2.45) is 0 Å². The monoisotopic (exact) mass is 398 g/mol. The Kier molecular flexibility index (Phi) is 6.21. The lowest BCUT2D eigenvalue weighted by Crippen LogP contribution is -2.51. The summed E-state index contributed by atoms with van der Waals surface area (Å²) in [6, 6.07) is 12.2. The van der Waals surface area contributed by atoms with Gasteiger partial charge in [-0.15, -0.1) is 0 Å². The molecular formula is C23H27FN2O3. The van der Waals surface area contributed by atoms with Crippen LogP contribution in [0.4, 0.5) is 4.39 Å². The molecule has 6 heteroatoms. The van der Waals surface area contributed by atoms with Gasteiger partial charge in [0.2, 0.25) is 5.91 Å². The lowest BCUT2D eigenvalue weighted by atomic mass is 9.72. The van der Waals surface area contributed by atoms with Gasteiger partial charge in [-0.2, -0.15) is 0 Å². The highest BCUT2D eigenvalue weighted by atomic mass is 19.1. The van der Waals surface area contributed by atoms with Gasteiger partial charge >= 0.3 is 0 Å². The van der Waals surface area contributed by atoms with Crippen molar-refractivity contribution in [1.29, 1.82) is 0 Å². The predicted octanol–water partition coefficient (Wildman–Crippen LogP) is 3.48. The first kappa shape index (κ1) is 20.0. The van der Waals surface area contributed by atoms with E-state index >= 15 is 0 Å². The van der Waals surface area contributed by atoms with Crippen LogP contribution in [0.15, 0.2) is 48.7 Å². The first-order valence-electron chi connectivity index (χ1n) is 10.3. The molecule has 0 unspecified atom stereocenters. The van der Waals surface area contributed by atoms with Gasteiger partial charge < -0.3 is 14.4 Å². The van der Waals surface area contributed by atoms with Crippen molar-refractivity contribution in [3.05, 3.63) is 65.7 Å². The van der Waals surface area contributed by atoms with E-state index in [2.05, 4.69) is 4.98 Å². The Morgan fingerprint density at radius 1 is 1.17 bits per heavy atom. The summed E-state index contributed by atoms with van der Waals surface area (Å²) in [6.45, 7) is 2.64. The molecule has 0 saturated carbocycles. The number of benzene rings is 1. The van der Waals surface area contributed by atoms with Gasteiger partial charge in [-0.3, -0.25) is 9.78 Å². The van der Waals surface area contributed by atoms with Crippen LogP contribution in [0, 0.1) is 5.82 Å². The fraction of sp³-hybridized carbons (Fsp3) is 0.478. The number of rotatable bonds is 6. The van der Waals surface area contributed by atoms with E-state index in [0.29, 0.717) is 39.1 Å². The topological polar surface area (TPSA) is 51.7 Å². The molecule has 4 rings (SSSR count). The van der Waals surface area contributed by atoms with Crippen LogP contribution in [-0.4, -0.2) is 48.3 Å². The van der Waals surface area contributed by atoms with E-state index in [-0.39, 0.29) is 17.8 Å². The van der Waals surface area contributed by atoms with Crippen molar-refractivity contribution < 1.29 is 18.7 Å². The van der Waals surface area contributed by atoms with Gasteiger partial charge in [-0.25, -0.2) is 4.39 Å². The van der Waals surface area contributed by atoms with Gasteiger partial charge in [0.1, 0.15) is 5.82 Å². The van der Waals surface area contributed by atoms with Gasteiger partial charge in [0.25, 0.3) is 0 Å². The number of hydrogen-bond acceptors (Lipinski definition) is 4. The van der Waals surface area contributed by atoms with Gasteiger partial charge in [0, 0.05) is 32.6 Å². The molecule has 0 bridgehead atoms. The highest BCUT2D eigenvalue weighted by molar-refractivity contribution is 5.88. The number of carbonyl (C=O) groups is 1. The number of halogens is 1. The van der Waals surface area contributed by atoms with Crippen LogP contribution in [0.3, 0.4) is 0 Å². The first-order chi connectivity index (χ1) is 14.2. The smallest absolute Gasteiger partial charge is 0.233 e. The molecule has 2 aromatic rings. The lowest BCUT2D eigenvalue weighted by molar-refractivity contribution is -0.143. The number of hydrogen-bond donors (Lipinski definition) is 0. The quantitative estimate of drug-likeness (QED) is 0.748. The van der Waals surface area contributed by atoms with Crippen LogP contribution in [0.25, 0.3) is 0 Å². The molecule has 2 aliphatic rings. The highest BCUT2D eigenvalue weighted by Gasteiger charge is 2.44. The summed E-state index contributed by atoms with van der Waals surface area (Å²) in [5, 5.41) is 0. The second kappa shape index (κ2) is 9.01. The molecule has 1 aromatic carbocycles. The summed E-state index contributed by atoms with van der Waals surface area (Å²) < 4.78 is 25.4. The standard InChI is InChI=1S/C23H27FN2O3/c24-19-6-3-5-18(15-19)23(9-13-28-14-10-23)22(27)26(17-21-8-4-12-29-21)16-20-7-1-2-11-25-20/h1-3,5-7,11,15,21H,4,8-10,12-14,16-17H2/t21-/m1/s1. The maximum atomic E-state index is 14.0. The molecule has 0 N–H and O–H groups in total. The zero-order valence-corrected chi connectivity index (χ0v) is 16.6. The zero-order valence-electron chi connectivity index (χ0n) is 16.6. The predicted molar refractivity (Wildman–Crippen MR) is 107 cm³/mol. The third kappa shape index (κ3) is 4.49. The Labute approximate surface area is 170 Å². The van der Waals surface area contributed by atoms with Crippen molar-refractivity contribution in [1.82, 2.24) is 9.88 Å². The molecule has 1 aromatic heterocycles. The van der Waals surface area contributed by atoms with E-state index in [0.717, 1.165) is 30.7 Å². The van der Waals surface area contributed by atoms with Crippen LogP contribution in [-0.2, 0) is 26.2 Å². The van der Waals surface area contributed by atoms with Crippen molar-refractivity contribution in [3.8, 4) is 0 Å². The summed E-state index contributed by atoms with van der Waals surface area (Å²) in [4.78, 5) is 20.3. The molecule has 2 aliphatic heterocycles. The van der Waals surface area contributed by atoms with E-state index in [9.17, 15) is 9.18 Å². The number of ether oxygens (including phenoxy) is 2. The molecule has 3 heterocycles. The third-order valence-corrected chi connectivity index (χ3v) is 5.95. The van der Waals surface area contributed by atoms with E-state index < -0.39 is 5.41 Å². The maximum Gasteiger partial charge on any atom is 0.233 e. The molecule has 29 heavy (non-hydrogen) atoms. The second-order valence-corrected chi connectivity index (χ2v) is 7.85. The van der Waals surface area contributed by atoms with Crippen molar-refractivity contribution in [3.63, 3.8) is 0 Å². The Morgan fingerprint density at radius 2 is 2.03 bits per heavy atom. The Bertz CT molecular complexity index is 818. The zero-order chi connectivity index (χ0) is 20.1. The summed E-state index contributed by atoms with van der Waals surface area (Å²) >= 11 is 0. The number of nitrogens with zero attached hydrogens (tertiary/aromatic N) is 2. The van der Waals surface area contributed by atoms with E-state index in [1.165, 1.54) is 12.1 Å². The van der Waals surface area contributed by atoms with Crippen LogP contribution < -0.4 is 0 Å². The average molecular weight is 398 g/mol. The molecule has 0 aliphatic carbocycles. The Morgan fingerprint density at radius 3 is 2.72 bits per heavy atom. The summed E-state index contributed by atoms with van der Waals surface area (Å²) in [5.41, 5.74) is 0.776. The Balaban J connectivity index is 1.67. The lowest BCUT2D eigenvalue weighted by Gasteiger charge is -2.40. The summed E-state index contributed by atoms with van der Waals surface area (Å²) in [7, 11) is 0. The van der Waals surface area contributed by atoms with Gasteiger partial charge in [-0.1, -0.05) is 18.2 Å². The molecular weight excluding hydrogens is 371 g/mol. The largest absolute Gasteiger partial charge is 0.381 e. The SMILES string of the molecule is O=C(N(Cc1ccccn1)C[C@H]1CCCO1)C1(c2cccc(F)c2)CCOCC1. The fourth-order valence-electron chi connectivity index (χ4n) is 4.38. The average Bonchev–Trinajstić information content (AvgIpc) is 3.27. The second-order valence-electron chi connectivity index (χ2n) is 7.85. The van der Waals surface area contributed by atoms with Crippen LogP contribution in [0.2, 0.25) is 0 Å². The first-order valence-corrected chi connectivity index (χ1v) is 10.3. The molecule has 2 saturated heterocycles. The van der Waals surface area contributed by atoms with Crippen LogP contribution >= 0.6 is 0 Å². The van der Waals surface area contributed by atoms with Gasteiger partial charge in [-0.05, 0) is 55.5 Å². The van der Waals surface area contributed by atoms with Crippen molar-refractivity contribution in [2.75, 3.05) is 26.4 Å². The van der Waals surface area contributed by atoms with Crippen LogP contribution in [0.1, 0.15) is 36.9 Å².